The first kappa shape index (κ1) is 18.1. The van der Waals surface area contributed by atoms with Gasteiger partial charge < -0.3 is 4.42 Å². The van der Waals surface area contributed by atoms with Crippen LogP contribution in [0.4, 0.5) is 13.2 Å². The summed E-state index contributed by atoms with van der Waals surface area (Å²) in [5.74, 6) is 0.905. The standard InChI is InChI=1S/C19H18F3N3O/c1-13-4-3-5-15(10-13)18-24-23-17(26-18)12-25(2)11-14-6-8-16(9-7-14)19(20,21)22/h3-10H,11-12H2,1-2H3. The Morgan fingerprint density at radius 1 is 1.00 bits per heavy atom. The van der Waals surface area contributed by atoms with Crippen LogP contribution in [0.3, 0.4) is 0 Å². The van der Waals surface area contributed by atoms with Gasteiger partial charge in [0.15, 0.2) is 0 Å². The maximum Gasteiger partial charge on any atom is 0.416 e. The van der Waals surface area contributed by atoms with Crippen molar-refractivity contribution < 1.29 is 17.6 Å². The van der Waals surface area contributed by atoms with E-state index >= 15 is 0 Å². The van der Waals surface area contributed by atoms with Gasteiger partial charge in [-0.3, -0.25) is 4.90 Å². The molecular formula is C19H18F3N3O. The summed E-state index contributed by atoms with van der Waals surface area (Å²) in [6.45, 7) is 2.86. The Labute approximate surface area is 149 Å². The molecule has 26 heavy (non-hydrogen) atoms. The van der Waals surface area contributed by atoms with Crippen LogP contribution in [0.2, 0.25) is 0 Å². The molecule has 0 aliphatic carbocycles. The van der Waals surface area contributed by atoms with Crippen molar-refractivity contribution in [1.82, 2.24) is 15.1 Å². The molecule has 0 fully saturated rings. The smallest absolute Gasteiger partial charge is 0.416 e. The lowest BCUT2D eigenvalue weighted by atomic mass is 10.1. The third-order valence-corrected chi connectivity index (χ3v) is 3.87. The number of alkyl halides is 3. The Hall–Kier alpha value is -2.67. The minimum Gasteiger partial charge on any atom is -0.419 e. The minimum atomic E-state index is -4.32. The SMILES string of the molecule is Cc1cccc(-c2nnc(CN(C)Cc3ccc(C(F)(F)F)cc3)o2)c1. The monoisotopic (exact) mass is 361 g/mol. The lowest BCUT2D eigenvalue weighted by Crippen LogP contribution is -2.17. The van der Waals surface area contributed by atoms with Gasteiger partial charge in [0.2, 0.25) is 11.8 Å². The third kappa shape index (κ3) is 4.49. The van der Waals surface area contributed by atoms with E-state index in [2.05, 4.69) is 10.2 Å². The molecule has 0 atom stereocenters. The second-order valence-electron chi connectivity index (χ2n) is 6.24. The Morgan fingerprint density at radius 3 is 2.38 bits per heavy atom. The van der Waals surface area contributed by atoms with Crippen molar-refractivity contribution >= 4 is 0 Å². The van der Waals surface area contributed by atoms with Gasteiger partial charge in [-0.2, -0.15) is 13.2 Å². The molecule has 7 heteroatoms. The molecule has 0 amide bonds. The van der Waals surface area contributed by atoms with Crippen molar-refractivity contribution in [2.45, 2.75) is 26.2 Å². The summed E-state index contributed by atoms with van der Waals surface area (Å²) in [6.07, 6.45) is -4.32. The van der Waals surface area contributed by atoms with Crippen LogP contribution in [0.1, 0.15) is 22.6 Å². The van der Waals surface area contributed by atoms with E-state index in [1.165, 1.54) is 12.1 Å². The molecule has 3 rings (SSSR count). The van der Waals surface area contributed by atoms with Gasteiger partial charge in [-0.15, -0.1) is 10.2 Å². The first-order valence-corrected chi connectivity index (χ1v) is 8.05. The predicted molar refractivity (Wildman–Crippen MR) is 91.1 cm³/mol. The molecule has 0 spiro atoms. The van der Waals surface area contributed by atoms with Crippen molar-refractivity contribution in [2.75, 3.05) is 7.05 Å². The molecule has 4 nitrogen and oxygen atoms in total. The molecule has 0 saturated heterocycles. The zero-order valence-corrected chi connectivity index (χ0v) is 14.4. The van der Waals surface area contributed by atoms with E-state index in [4.69, 9.17) is 4.42 Å². The summed E-state index contributed by atoms with van der Waals surface area (Å²) >= 11 is 0. The summed E-state index contributed by atoms with van der Waals surface area (Å²) in [7, 11) is 1.84. The van der Waals surface area contributed by atoms with Crippen LogP contribution < -0.4 is 0 Å². The van der Waals surface area contributed by atoms with Crippen molar-refractivity contribution in [1.29, 1.82) is 0 Å². The second-order valence-corrected chi connectivity index (χ2v) is 6.24. The van der Waals surface area contributed by atoms with Crippen molar-refractivity contribution in [2.24, 2.45) is 0 Å². The van der Waals surface area contributed by atoms with E-state index in [9.17, 15) is 13.2 Å². The Balaban J connectivity index is 1.63. The fourth-order valence-electron chi connectivity index (χ4n) is 2.61. The average molecular weight is 361 g/mol. The first-order chi connectivity index (χ1) is 12.3. The van der Waals surface area contributed by atoms with Crippen LogP contribution >= 0.6 is 0 Å². The van der Waals surface area contributed by atoms with E-state index in [-0.39, 0.29) is 0 Å². The Kier molecular flexibility index (Phi) is 5.08. The summed E-state index contributed by atoms with van der Waals surface area (Å²) in [4.78, 5) is 1.90. The molecular weight excluding hydrogens is 343 g/mol. The van der Waals surface area contributed by atoms with Gasteiger partial charge in [0.1, 0.15) is 0 Å². The second kappa shape index (κ2) is 7.29. The van der Waals surface area contributed by atoms with E-state index in [1.54, 1.807) is 0 Å². The van der Waals surface area contributed by atoms with E-state index < -0.39 is 11.7 Å². The molecule has 0 saturated carbocycles. The molecule has 2 aromatic carbocycles. The summed E-state index contributed by atoms with van der Waals surface area (Å²) in [5.41, 5.74) is 2.08. The molecule has 0 unspecified atom stereocenters. The predicted octanol–water partition coefficient (Wildman–Crippen LogP) is 4.70. The molecule has 1 aromatic heterocycles. The topological polar surface area (TPSA) is 42.2 Å². The molecule has 3 aromatic rings. The fourth-order valence-corrected chi connectivity index (χ4v) is 2.61. The number of aryl methyl sites for hydroxylation is 1. The van der Waals surface area contributed by atoms with Crippen LogP contribution in [0.25, 0.3) is 11.5 Å². The number of benzene rings is 2. The van der Waals surface area contributed by atoms with Gasteiger partial charge in [0, 0.05) is 12.1 Å². The van der Waals surface area contributed by atoms with Crippen LogP contribution in [0, 0.1) is 6.92 Å². The van der Waals surface area contributed by atoms with Crippen LogP contribution in [-0.2, 0) is 19.3 Å². The molecule has 0 bridgehead atoms. The Morgan fingerprint density at radius 2 is 1.73 bits per heavy atom. The molecule has 0 aliphatic rings. The maximum absolute atomic E-state index is 12.6. The van der Waals surface area contributed by atoms with Crippen LogP contribution in [0.15, 0.2) is 52.9 Å². The number of halogens is 3. The van der Waals surface area contributed by atoms with Crippen molar-refractivity contribution in [3.8, 4) is 11.5 Å². The quantitative estimate of drug-likeness (QED) is 0.661. The Bertz CT molecular complexity index is 872. The summed E-state index contributed by atoms with van der Waals surface area (Å²) < 4.78 is 43.5. The number of aromatic nitrogens is 2. The molecule has 0 radical (unpaired) electrons. The maximum atomic E-state index is 12.6. The minimum absolute atomic E-state index is 0.403. The van der Waals surface area contributed by atoms with Crippen molar-refractivity contribution in [3.63, 3.8) is 0 Å². The molecule has 0 aliphatic heterocycles. The van der Waals surface area contributed by atoms with Crippen LogP contribution in [-0.4, -0.2) is 22.1 Å². The highest BCUT2D eigenvalue weighted by Gasteiger charge is 2.29. The summed E-state index contributed by atoms with van der Waals surface area (Å²) in [5, 5.41) is 8.10. The van der Waals surface area contributed by atoms with Gasteiger partial charge in [0.25, 0.3) is 0 Å². The average Bonchev–Trinajstić information content (AvgIpc) is 3.03. The highest BCUT2D eigenvalue weighted by atomic mass is 19.4. The van der Waals surface area contributed by atoms with E-state index in [0.29, 0.717) is 24.9 Å². The first-order valence-electron chi connectivity index (χ1n) is 8.05. The largest absolute Gasteiger partial charge is 0.419 e. The van der Waals surface area contributed by atoms with Crippen molar-refractivity contribution in [3.05, 3.63) is 71.1 Å². The lowest BCUT2D eigenvalue weighted by Gasteiger charge is -2.15. The third-order valence-electron chi connectivity index (χ3n) is 3.87. The van der Waals surface area contributed by atoms with Gasteiger partial charge >= 0.3 is 6.18 Å². The molecule has 0 N–H and O–H groups in total. The number of hydrogen-bond donors (Lipinski definition) is 0. The fraction of sp³-hybridized carbons (Fsp3) is 0.263. The number of nitrogens with zero attached hydrogens (tertiary/aromatic N) is 3. The van der Waals surface area contributed by atoms with Gasteiger partial charge in [-0.1, -0.05) is 29.8 Å². The van der Waals surface area contributed by atoms with Gasteiger partial charge in [0.05, 0.1) is 12.1 Å². The number of hydrogen-bond acceptors (Lipinski definition) is 4. The highest BCUT2D eigenvalue weighted by Crippen LogP contribution is 2.29. The summed E-state index contributed by atoms with van der Waals surface area (Å²) in [6, 6.07) is 12.9. The highest BCUT2D eigenvalue weighted by molar-refractivity contribution is 5.53. The molecule has 1 heterocycles. The van der Waals surface area contributed by atoms with Crippen LogP contribution in [0.5, 0.6) is 0 Å². The zero-order valence-electron chi connectivity index (χ0n) is 14.4. The zero-order chi connectivity index (χ0) is 18.7. The number of rotatable bonds is 5. The van der Waals surface area contributed by atoms with E-state index in [0.717, 1.165) is 28.8 Å². The normalized spacial score (nSPS) is 11.9. The lowest BCUT2D eigenvalue weighted by molar-refractivity contribution is -0.137. The molecule has 136 valence electrons. The van der Waals surface area contributed by atoms with Gasteiger partial charge in [-0.05, 0) is 43.8 Å². The van der Waals surface area contributed by atoms with E-state index in [1.807, 2.05) is 43.1 Å². The van der Waals surface area contributed by atoms with Gasteiger partial charge in [-0.25, -0.2) is 0 Å².